The van der Waals surface area contributed by atoms with Crippen LogP contribution in [0.5, 0.6) is 0 Å². The Labute approximate surface area is 71.4 Å². The summed E-state index contributed by atoms with van der Waals surface area (Å²) in [6, 6.07) is 0. The van der Waals surface area contributed by atoms with E-state index < -0.39 is 0 Å². The van der Waals surface area contributed by atoms with Crippen LogP contribution < -0.4 is 5.73 Å². The molecule has 1 nitrogen and oxygen atoms in total. The van der Waals surface area contributed by atoms with E-state index in [1.54, 1.807) is 0 Å². The van der Waals surface area contributed by atoms with Crippen molar-refractivity contribution in [3.63, 3.8) is 0 Å². The van der Waals surface area contributed by atoms with Crippen molar-refractivity contribution in [1.82, 2.24) is 0 Å². The van der Waals surface area contributed by atoms with E-state index in [1.165, 1.54) is 0 Å². The Bertz CT molecular complexity index is 123. The van der Waals surface area contributed by atoms with Crippen LogP contribution in [0.15, 0.2) is 0 Å². The predicted molar refractivity (Wildman–Crippen MR) is 51.5 cm³/mol. The molecule has 0 saturated heterocycles. The molecule has 0 atom stereocenters. The van der Waals surface area contributed by atoms with Gasteiger partial charge in [0.2, 0.25) is 0 Å². The molecule has 0 aliphatic carbocycles. The summed E-state index contributed by atoms with van der Waals surface area (Å²) in [6.45, 7) is 14.4. The summed E-state index contributed by atoms with van der Waals surface area (Å²) in [5.74, 6) is 0.682. The molecule has 0 saturated carbocycles. The van der Waals surface area contributed by atoms with Crippen LogP contribution in [0.2, 0.25) is 0 Å². The van der Waals surface area contributed by atoms with E-state index in [2.05, 4.69) is 41.5 Å². The van der Waals surface area contributed by atoms with Gasteiger partial charge in [-0.3, -0.25) is 0 Å². The third kappa shape index (κ3) is 1.96. The summed E-state index contributed by atoms with van der Waals surface area (Å²) >= 11 is 0. The smallest absolute Gasteiger partial charge is 0.00206 e. The minimum atomic E-state index is 0.237. The second kappa shape index (κ2) is 3.14. The minimum absolute atomic E-state index is 0.237. The zero-order valence-corrected chi connectivity index (χ0v) is 8.86. The standard InChI is InChI=1S/C10H23N/c1-8(2)10(5,6)9(3,4)7-11/h8H,7,11H2,1-6H3. The number of hydrogen-bond acceptors (Lipinski definition) is 1. The lowest BCUT2D eigenvalue weighted by molar-refractivity contribution is 0.0640. The fourth-order valence-electron chi connectivity index (χ4n) is 1.04. The Morgan fingerprint density at radius 1 is 1.09 bits per heavy atom. The average Bonchev–Trinajstić information content (AvgIpc) is 1.87. The molecule has 68 valence electrons. The van der Waals surface area contributed by atoms with E-state index in [0.29, 0.717) is 11.3 Å². The van der Waals surface area contributed by atoms with Gasteiger partial charge in [-0.25, -0.2) is 0 Å². The molecule has 0 rings (SSSR count). The summed E-state index contributed by atoms with van der Waals surface area (Å²) in [7, 11) is 0. The summed E-state index contributed by atoms with van der Waals surface area (Å²) < 4.78 is 0. The van der Waals surface area contributed by atoms with Gasteiger partial charge in [0.15, 0.2) is 0 Å². The maximum Gasteiger partial charge on any atom is -0.00206 e. The first-order valence-corrected chi connectivity index (χ1v) is 4.46. The highest BCUT2D eigenvalue weighted by Crippen LogP contribution is 2.43. The van der Waals surface area contributed by atoms with E-state index >= 15 is 0 Å². The number of rotatable bonds is 3. The summed E-state index contributed by atoms with van der Waals surface area (Å²) in [6.07, 6.45) is 0. The van der Waals surface area contributed by atoms with E-state index in [4.69, 9.17) is 5.73 Å². The van der Waals surface area contributed by atoms with Crippen molar-refractivity contribution in [2.24, 2.45) is 22.5 Å². The van der Waals surface area contributed by atoms with Crippen LogP contribution in [-0.4, -0.2) is 6.54 Å². The maximum atomic E-state index is 5.73. The quantitative estimate of drug-likeness (QED) is 0.669. The van der Waals surface area contributed by atoms with Crippen LogP contribution in [0, 0.1) is 16.7 Å². The zero-order valence-electron chi connectivity index (χ0n) is 8.86. The van der Waals surface area contributed by atoms with Gasteiger partial charge in [-0.2, -0.15) is 0 Å². The highest BCUT2D eigenvalue weighted by molar-refractivity contribution is 4.88. The van der Waals surface area contributed by atoms with Crippen molar-refractivity contribution in [1.29, 1.82) is 0 Å². The van der Waals surface area contributed by atoms with Crippen molar-refractivity contribution < 1.29 is 0 Å². The van der Waals surface area contributed by atoms with Gasteiger partial charge in [0.1, 0.15) is 0 Å². The van der Waals surface area contributed by atoms with E-state index in [-0.39, 0.29) is 5.41 Å². The molecule has 0 aromatic heterocycles. The highest BCUT2D eigenvalue weighted by atomic mass is 14.6. The van der Waals surface area contributed by atoms with E-state index in [0.717, 1.165) is 6.54 Å². The Morgan fingerprint density at radius 3 is 1.55 bits per heavy atom. The topological polar surface area (TPSA) is 26.0 Å². The lowest BCUT2D eigenvalue weighted by atomic mass is 9.62. The Kier molecular flexibility index (Phi) is 3.13. The summed E-state index contributed by atoms with van der Waals surface area (Å²) in [5, 5.41) is 0. The molecule has 0 aliphatic rings. The molecule has 0 heterocycles. The normalized spacial score (nSPS) is 14.2. The fraction of sp³-hybridized carbons (Fsp3) is 1.00. The molecule has 0 bridgehead atoms. The highest BCUT2D eigenvalue weighted by Gasteiger charge is 2.37. The Morgan fingerprint density at radius 2 is 1.45 bits per heavy atom. The second-order valence-electron chi connectivity index (χ2n) is 4.96. The predicted octanol–water partition coefficient (Wildman–Crippen LogP) is 2.65. The summed E-state index contributed by atoms with van der Waals surface area (Å²) in [4.78, 5) is 0. The van der Waals surface area contributed by atoms with Gasteiger partial charge in [-0.05, 0) is 23.3 Å². The molecule has 2 N–H and O–H groups in total. The lowest BCUT2D eigenvalue weighted by Crippen LogP contribution is -2.42. The van der Waals surface area contributed by atoms with Crippen molar-refractivity contribution in [2.45, 2.75) is 41.5 Å². The van der Waals surface area contributed by atoms with Gasteiger partial charge in [0.25, 0.3) is 0 Å². The molecule has 0 fully saturated rings. The SMILES string of the molecule is CC(C)C(C)(C)C(C)(C)CN. The van der Waals surface area contributed by atoms with Crippen LogP contribution in [-0.2, 0) is 0 Å². The van der Waals surface area contributed by atoms with Crippen LogP contribution >= 0.6 is 0 Å². The number of nitrogens with two attached hydrogens (primary N) is 1. The first kappa shape index (κ1) is 11.0. The fourth-order valence-corrected chi connectivity index (χ4v) is 1.04. The van der Waals surface area contributed by atoms with E-state index in [1.807, 2.05) is 0 Å². The maximum absolute atomic E-state index is 5.73. The van der Waals surface area contributed by atoms with Crippen molar-refractivity contribution in [3.8, 4) is 0 Å². The monoisotopic (exact) mass is 157 g/mol. The van der Waals surface area contributed by atoms with Gasteiger partial charge >= 0.3 is 0 Å². The molecule has 0 unspecified atom stereocenters. The third-order valence-corrected chi connectivity index (χ3v) is 3.70. The van der Waals surface area contributed by atoms with Crippen molar-refractivity contribution in [2.75, 3.05) is 6.54 Å². The molecule has 0 aliphatic heterocycles. The first-order chi connectivity index (χ1) is 4.75. The molecular weight excluding hydrogens is 134 g/mol. The van der Waals surface area contributed by atoms with E-state index in [9.17, 15) is 0 Å². The van der Waals surface area contributed by atoms with Crippen molar-refractivity contribution >= 4 is 0 Å². The van der Waals surface area contributed by atoms with Crippen LogP contribution in [0.3, 0.4) is 0 Å². The van der Waals surface area contributed by atoms with Gasteiger partial charge in [-0.15, -0.1) is 0 Å². The largest absolute Gasteiger partial charge is 0.330 e. The van der Waals surface area contributed by atoms with Crippen LogP contribution in [0.4, 0.5) is 0 Å². The molecule has 0 aromatic carbocycles. The van der Waals surface area contributed by atoms with Crippen molar-refractivity contribution in [3.05, 3.63) is 0 Å². The second-order valence-corrected chi connectivity index (χ2v) is 4.96. The Hall–Kier alpha value is -0.0400. The molecule has 0 radical (unpaired) electrons. The molecule has 0 aromatic rings. The molecule has 0 amide bonds. The van der Waals surface area contributed by atoms with Gasteiger partial charge in [0, 0.05) is 0 Å². The van der Waals surface area contributed by atoms with Gasteiger partial charge in [0.05, 0.1) is 0 Å². The van der Waals surface area contributed by atoms with Gasteiger partial charge < -0.3 is 5.73 Å². The van der Waals surface area contributed by atoms with Crippen LogP contribution in [0.1, 0.15) is 41.5 Å². The molecule has 11 heavy (non-hydrogen) atoms. The molecule has 0 spiro atoms. The summed E-state index contributed by atoms with van der Waals surface area (Å²) in [5.41, 5.74) is 6.29. The lowest BCUT2D eigenvalue weighted by Gasteiger charge is -2.44. The number of hydrogen-bond donors (Lipinski definition) is 1. The Balaban J connectivity index is 4.53. The zero-order chi connectivity index (χ0) is 9.28. The molecule has 1 heteroatoms. The third-order valence-electron chi connectivity index (χ3n) is 3.70. The van der Waals surface area contributed by atoms with Crippen LogP contribution in [0.25, 0.3) is 0 Å². The molecular formula is C10H23N. The minimum Gasteiger partial charge on any atom is -0.330 e. The van der Waals surface area contributed by atoms with Gasteiger partial charge in [-0.1, -0.05) is 41.5 Å². The average molecular weight is 157 g/mol. The first-order valence-electron chi connectivity index (χ1n) is 4.46.